The van der Waals surface area contributed by atoms with Gasteiger partial charge in [0, 0.05) is 43.8 Å². The van der Waals surface area contributed by atoms with Gasteiger partial charge in [0.05, 0.1) is 16.8 Å². The number of hydrogen-bond donors (Lipinski definition) is 1. The first-order valence-corrected chi connectivity index (χ1v) is 8.11. The summed E-state index contributed by atoms with van der Waals surface area (Å²) in [6.07, 6.45) is 1.56. The maximum atomic E-state index is 13.9. The van der Waals surface area contributed by atoms with E-state index in [1.807, 2.05) is 6.92 Å². The summed E-state index contributed by atoms with van der Waals surface area (Å²) >= 11 is 0. The van der Waals surface area contributed by atoms with Crippen LogP contribution in [0.2, 0.25) is 0 Å². The van der Waals surface area contributed by atoms with E-state index in [9.17, 15) is 9.65 Å². The van der Waals surface area contributed by atoms with Crippen molar-refractivity contribution in [3.05, 3.63) is 35.3 Å². The van der Waals surface area contributed by atoms with Crippen LogP contribution in [0.15, 0.2) is 18.3 Å². The Morgan fingerprint density at radius 2 is 2.17 bits per heavy atom. The first-order valence-electron chi connectivity index (χ1n) is 8.11. The third kappa shape index (κ3) is 3.18. The number of anilines is 1. The van der Waals surface area contributed by atoms with Crippen LogP contribution in [0, 0.1) is 24.1 Å². The zero-order valence-electron chi connectivity index (χ0n) is 14.3. The van der Waals surface area contributed by atoms with Gasteiger partial charge in [-0.3, -0.25) is 9.88 Å². The fraction of sp³-hybridized carbons (Fsp3) is 0.444. The number of nitrogens with zero attached hydrogens (tertiary/aromatic N) is 4. The fourth-order valence-corrected chi connectivity index (χ4v) is 3.25. The molecular formula is C18H22FN5. The lowest BCUT2D eigenvalue weighted by Gasteiger charge is -2.38. The molecule has 5 nitrogen and oxygen atoms in total. The molecule has 0 amide bonds. The topological polar surface area (TPSA) is 55.2 Å². The van der Waals surface area contributed by atoms with Crippen LogP contribution in [0.25, 0.3) is 10.9 Å². The average molecular weight is 327 g/mol. The Morgan fingerprint density at radius 1 is 1.38 bits per heavy atom. The van der Waals surface area contributed by atoms with Crippen molar-refractivity contribution >= 4 is 16.6 Å². The molecule has 0 bridgehead atoms. The van der Waals surface area contributed by atoms with Crippen LogP contribution >= 0.6 is 0 Å². The molecule has 1 aromatic heterocycles. The van der Waals surface area contributed by atoms with Crippen LogP contribution in [-0.2, 0) is 0 Å². The van der Waals surface area contributed by atoms with Crippen LogP contribution in [0.1, 0.15) is 11.1 Å². The van der Waals surface area contributed by atoms with Gasteiger partial charge in [-0.25, -0.2) is 4.39 Å². The van der Waals surface area contributed by atoms with Crippen LogP contribution < -0.4 is 5.32 Å². The minimum absolute atomic E-state index is 0.311. The van der Waals surface area contributed by atoms with E-state index in [4.69, 9.17) is 0 Å². The molecule has 1 fully saturated rings. The van der Waals surface area contributed by atoms with Crippen molar-refractivity contribution in [1.29, 1.82) is 5.26 Å². The van der Waals surface area contributed by atoms with Crippen molar-refractivity contribution in [1.82, 2.24) is 14.8 Å². The Hall–Kier alpha value is -2.23. The van der Waals surface area contributed by atoms with Crippen molar-refractivity contribution in [2.24, 2.45) is 0 Å². The smallest absolute Gasteiger partial charge is 0.124 e. The highest BCUT2D eigenvalue weighted by molar-refractivity contribution is 5.95. The van der Waals surface area contributed by atoms with Crippen molar-refractivity contribution in [3.8, 4) is 6.07 Å². The summed E-state index contributed by atoms with van der Waals surface area (Å²) < 4.78 is 13.9. The summed E-state index contributed by atoms with van der Waals surface area (Å²) in [5.41, 5.74) is 2.62. The lowest BCUT2D eigenvalue weighted by Crippen LogP contribution is -2.52. The highest BCUT2D eigenvalue weighted by Gasteiger charge is 2.22. The molecule has 1 atom stereocenters. The van der Waals surface area contributed by atoms with Crippen molar-refractivity contribution in [3.63, 3.8) is 0 Å². The third-order valence-corrected chi connectivity index (χ3v) is 4.74. The van der Waals surface area contributed by atoms with E-state index in [-0.39, 0.29) is 5.82 Å². The molecule has 3 rings (SSSR count). The fourth-order valence-electron chi connectivity index (χ4n) is 3.25. The van der Waals surface area contributed by atoms with E-state index in [0.717, 1.165) is 30.7 Å². The number of benzene rings is 1. The predicted molar refractivity (Wildman–Crippen MR) is 93.6 cm³/mol. The second-order valence-electron chi connectivity index (χ2n) is 6.56. The summed E-state index contributed by atoms with van der Waals surface area (Å²) in [4.78, 5) is 8.94. The minimum atomic E-state index is -0.311. The molecule has 1 unspecified atom stereocenters. The van der Waals surface area contributed by atoms with Gasteiger partial charge in [-0.1, -0.05) is 0 Å². The summed E-state index contributed by atoms with van der Waals surface area (Å²) in [7, 11) is 4.22. The van der Waals surface area contributed by atoms with Gasteiger partial charge in [-0.05, 0) is 38.7 Å². The van der Waals surface area contributed by atoms with Crippen molar-refractivity contribution < 1.29 is 4.39 Å². The molecule has 1 aromatic carbocycles. The average Bonchev–Trinajstić information content (AvgIpc) is 2.55. The third-order valence-electron chi connectivity index (χ3n) is 4.74. The molecule has 0 spiro atoms. The van der Waals surface area contributed by atoms with Gasteiger partial charge < -0.3 is 10.2 Å². The van der Waals surface area contributed by atoms with Gasteiger partial charge in [-0.2, -0.15) is 5.26 Å². The number of nitrogens with one attached hydrogen (secondary N) is 1. The van der Waals surface area contributed by atoms with Gasteiger partial charge in [-0.15, -0.1) is 0 Å². The maximum absolute atomic E-state index is 13.9. The Balaban J connectivity index is 1.94. The van der Waals surface area contributed by atoms with E-state index in [2.05, 4.69) is 40.3 Å². The number of fused-ring (bicyclic) bond motifs is 1. The van der Waals surface area contributed by atoms with Gasteiger partial charge in [0.1, 0.15) is 11.9 Å². The van der Waals surface area contributed by atoms with E-state index in [1.165, 1.54) is 12.1 Å². The molecule has 0 saturated carbocycles. The Labute approximate surface area is 141 Å². The predicted octanol–water partition coefficient (Wildman–Crippen LogP) is 2.21. The second-order valence-corrected chi connectivity index (χ2v) is 6.56. The van der Waals surface area contributed by atoms with Crippen LogP contribution in [-0.4, -0.2) is 61.1 Å². The molecule has 126 valence electrons. The Morgan fingerprint density at radius 3 is 2.92 bits per heavy atom. The zero-order valence-corrected chi connectivity index (χ0v) is 14.3. The van der Waals surface area contributed by atoms with Crippen LogP contribution in [0.3, 0.4) is 0 Å². The zero-order chi connectivity index (χ0) is 17.3. The molecule has 1 aliphatic rings. The second kappa shape index (κ2) is 6.71. The van der Waals surface area contributed by atoms with Crippen molar-refractivity contribution in [2.75, 3.05) is 45.6 Å². The summed E-state index contributed by atoms with van der Waals surface area (Å²) in [6, 6.07) is 5.42. The molecule has 6 heteroatoms. The van der Waals surface area contributed by atoms with Gasteiger partial charge in [0.15, 0.2) is 0 Å². The van der Waals surface area contributed by atoms with E-state index < -0.39 is 0 Å². The molecule has 1 saturated heterocycles. The maximum Gasteiger partial charge on any atom is 0.124 e. The highest BCUT2D eigenvalue weighted by Crippen LogP contribution is 2.28. The summed E-state index contributed by atoms with van der Waals surface area (Å²) in [5, 5.41) is 13.5. The molecule has 1 N–H and O–H groups in total. The molecule has 0 radical (unpaired) electrons. The number of nitriles is 1. The molecule has 2 aromatic rings. The van der Waals surface area contributed by atoms with Crippen LogP contribution in [0.5, 0.6) is 0 Å². The van der Waals surface area contributed by atoms with E-state index in [0.29, 0.717) is 29.2 Å². The highest BCUT2D eigenvalue weighted by atomic mass is 19.1. The summed E-state index contributed by atoms with van der Waals surface area (Å²) in [5.74, 6) is -0.311. The van der Waals surface area contributed by atoms with Crippen molar-refractivity contribution in [2.45, 2.75) is 13.0 Å². The van der Waals surface area contributed by atoms with Gasteiger partial charge in [0.25, 0.3) is 0 Å². The molecular weight excluding hydrogens is 305 g/mol. The SMILES string of the molecule is Cc1cc(F)cc2c(NCC3CN(C)CCN3C)c(C#N)cnc12. The number of aromatic nitrogens is 1. The number of hydrogen-bond acceptors (Lipinski definition) is 5. The van der Waals surface area contributed by atoms with E-state index in [1.54, 1.807) is 6.20 Å². The van der Waals surface area contributed by atoms with Crippen LogP contribution in [0.4, 0.5) is 10.1 Å². The first-order chi connectivity index (χ1) is 11.5. The number of rotatable bonds is 3. The molecule has 24 heavy (non-hydrogen) atoms. The number of pyridine rings is 1. The van der Waals surface area contributed by atoms with E-state index >= 15 is 0 Å². The minimum Gasteiger partial charge on any atom is -0.382 e. The lowest BCUT2D eigenvalue weighted by atomic mass is 10.1. The summed E-state index contributed by atoms with van der Waals surface area (Å²) in [6.45, 7) is 5.56. The largest absolute Gasteiger partial charge is 0.382 e. The monoisotopic (exact) mass is 327 g/mol. The number of piperazine rings is 1. The number of likely N-dealkylation sites (N-methyl/N-ethyl adjacent to an activating group) is 2. The normalized spacial score (nSPS) is 19.4. The van der Waals surface area contributed by atoms with Gasteiger partial charge in [0.2, 0.25) is 0 Å². The number of halogens is 1. The number of aryl methyl sites for hydroxylation is 1. The molecule has 1 aliphatic heterocycles. The standard InChI is InChI=1S/C18H22FN5/c1-12-6-14(19)7-16-17(12)21-9-13(8-20)18(16)22-10-15-11-23(2)4-5-24(15)3/h6-7,9,15H,4-5,10-11H2,1-3H3,(H,21,22). The Bertz CT molecular complexity index is 798. The molecule has 2 heterocycles. The molecule has 0 aliphatic carbocycles. The Kier molecular flexibility index (Phi) is 4.65. The lowest BCUT2D eigenvalue weighted by molar-refractivity contribution is 0.122. The van der Waals surface area contributed by atoms with Gasteiger partial charge >= 0.3 is 0 Å². The first kappa shape index (κ1) is 16.6. The quantitative estimate of drug-likeness (QED) is 0.937.